The predicted molar refractivity (Wildman–Crippen MR) is 107 cm³/mol. The number of nitrogens with one attached hydrogen (secondary N) is 3. The smallest absolute Gasteiger partial charge is 0.449 e. The van der Waals surface area contributed by atoms with Gasteiger partial charge in [0.2, 0.25) is 5.82 Å². The topological polar surface area (TPSA) is 113 Å². The number of carbonyl (C=O) groups is 1. The number of benzene rings is 2. The summed E-state index contributed by atoms with van der Waals surface area (Å²) in [6.45, 7) is 1.85. The van der Waals surface area contributed by atoms with Crippen molar-refractivity contribution in [3.63, 3.8) is 0 Å². The van der Waals surface area contributed by atoms with Crippen LogP contribution < -0.4 is 14.8 Å². The van der Waals surface area contributed by atoms with Crippen LogP contribution in [0.2, 0.25) is 0 Å². The van der Waals surface area contributed by atoms with Crippen molar-refractivity contribution in [2.45, 2.75) is 18.0 Å². The van der Waals surface area contributed by atoms with E-state index in [4.69, 9.17) is 4.74 Å². The number of rotatable bonds is 6. The van der Waals surface area contributed by atoms with Crippen LogP contribution in [0.4, 0.5) is 24.5 Å². The zero-order chi connectivity index (χ0) is 22.8. The summed E-state index contributed by atoms with van der Waals surface area (Å²) in [5.74, 6) is -2.24. The number of aromatic amines is 1. The molecule has 3 aromatic rings. The molecule has 8 nitrogen and oxygen atoms in total. The second kappa shape index (κ2) is 8.30. The molecule has 31 heavy (non-hydrogen) atoms. The third-order valence-electron chi connectivity index (χ3n) is 4.10. The van der Waals surface area contributed by atoms with Crippen LogP contribution in [0.1, 0.15) is 21.9 Å². The molecule has 0 bridgehead atoms. The third kappa shape index (κ3) is 5.15. The maximum absolute atomic E-state index is 12.8. The predicted octanol–water partition coefficient (Wildman–Crippen LogP) is 3.80. The minimum atomic E-state index is -4.73. The van der Waals surface area contributed by atoms with Crippen molar-refractivity contribution >= 4 is 27.3 Å². The molecule has 0 atom stereocenters. The van der Waals surface area contributed by atoms with Gasteiger partial charge in [-0.3, -0.25) is 9.52 Å². The average molecular weight is 454 g/mol. The second-order valence-electron chi connectivity index (χ2n) is 6.43. The van der Waals surface area contributed by atoms with E-state index in [0.717, 1.165) is 17.8 Å². The van der Waals surface area contributed by atoms with E-state index < -0.39 is 33.6 Å². The number of hydrogen-bond donors (Lipinski definition) is 3. The van der Waals surface area contributed by atoms with E-state index >= 15 is 0 Å². The van der Waals surface area contributed by atoms with E-state index in [1.54, 1.807) is 24.3 Å². The van der Waals surface area contributed by atoms with E-state index in [1.165, 1.54) is 19.2 Å². The van der Waals surface area contributed by atoms with Crippen LogP contribution in [0, 0.1) is 6.92 Å². The molecule has 3 N–H and O–H groups in total. The van der Waals surface area contributed by atoms with Crippen LogP contribution in [0.3, 0.4) is 0 Å². The zero-order valence-corrected chi connectivity index (χ0v) is 17.1. The fraction of sp³-hybridized carbons (Fsp3) is 0.158. The Morgan fingerprint density at radius 1 is 1.10 bits per heavy atom. The first-order valence-electron chi connectivity index (χ1n) is 8.70. The summed E-state index contributed by atoms with van der Waals surface area (Å²) in [5, 5.41) is 2.33. The molecule has 0 saturated carbocycles. The molecule has 12 heteroatoms. The lowest BCUT2D eigenvalue weighted by atomic mass is 10.2. The molecule has 0 aliphatic rings. The van der Waals surface area contributed by atoms with Crippen LogP contribution in [0.15, 0.2) is 53.6 Å². The van der Waals surface area contributed by atoms with Crippen LogP contribution in [-0.4, -0.2) is 31.4 Å². The number of methoxy groups -OCH3 is 1. The highest BCUT2D eigenvalue weighted by Crippen LogP contribution is 2.30. The first-order valence-corrected chi connectivity index (χ1v) is 10.2. The number of aromatic nitrogens is 2. The van der Waals surface area contributed by atoms with Crippen molar-refractivity contribution in [2.75, 3.05) is 17.1 Å². The molecule has 0 radical (unpaired) electrons. The lowest BCUT2D eigenvalue weighted by molar-refractivity contribution is -0.144. The lowest BCUT2D eigenvalue weighted by Crippen LogP contribution is -2.16. The Morgan fingerprint density at radius 2 is 1.74 bits per heavy atom. The molecule has 1 amide bonds. The maximum atomic E-state index is 12.8. The molecule has 3 rings (SSSR count). The first-order chi connectivity index (χ1) is 14.5. The number of aryl methyl sites for hydroxylation is 1. The minimum absolute atomic E-state index is 0.0125. The minimum Gasteiger partial charge on any atom is -0.495 e. The number of ether oxygens (including phenoxy) is 1. The molecule has 0 spiro atoms. The van der Waals surface area contributed by atoms with Gasteiger partial charge in [-0.1, -0.05) is 17.7 Å². The molecule has 0 aliphatic heterocycles. The highest BCUT2D eigenvalue weighted by molar-refractivity contribution is 7.92. The van der Waals surface area contributed by atoms with Gasteiger partial charge in [-0.15, -0.1) is 0 Å². The van der Waals surface area contributed by atoms with Gasteiger partial charge in [-0.2, -0.15) is 13.2 Å². The molecule has 0 saturated heterocycles. The van der Waals surface area contributed by atoms with Gasteiger partial charge in [0.15, 0.2) is 0 Å². The zero-order valence-electron chi connectivity index (χ0n) is 16.2. The fourth-order valence-corrected chi connectivity index (χ4v) is 3.83. The van der Waals surface area contributed by atoms with Crippen molar-refractivity contribution in [1.82, 2.24) is 9.97 Å². The molecule has 2 aromatic carbocycles. The quantitative estimate of drug-likeness (QED) is 0.524. The number of amides is 1. The van der Waals surface area contributed by atoms with Gasteiger partial charge in [0.25, 0.3) is 15.9 Å². The molecule has 0 fully saturated rings. The lowest BCUT2D eigenvalue weighted by Gasteiger charge is -2.13. The normalized spacial score (nSPS) is 11.8. The van der Waals surface area contributed by atoms with E-state index in [9.17, 15) is 26.4 Å². The number of alkyl halides is 3. The molecule has 0 unspecified atom stereocenters. The summed E-state index contributed by atoms with van der Waals surface area (Å²) in [6.07, 6.45) is -4.00. The highest BCUT2D eigenvalue weighted by atomic mass is 32.2. The first kappa shape index (κ1) is 22.2. The Labute approximate surface area is 175 Å². The maximum Gasteiger partial charge on any atom is 0.449 e. The van der Waals surface area contributed by atoms with Gasteiger partial charge >= 0.3 is 6.18 Å². The van der Waals surface area contributed by atoms with Crippen molar-refractivity contribution in [2.24, 2.45) is 0 Å². The third-order valence-corrected chi connectivity index (χ3v) is 5.51. The summed E-state index contributed by atoms with van der Waals surface area (Å²) in [4.78, 5) is 17.0. The summed E-state index contributed by atoms with van der Waals surface area (Å²) in [7, 11) is -2.82. The number of sulfonamides is 1. The molecule has 0 aliphatic carbocycles. The van der Waals surface area contributed by atoms with Crippen molar-refractivity contribution < 1.29 is 31.1 Å². The van der Waals surface area contributed by atoms with Gasteiger partial charge in [0.05, 0.1) is 13.3 Å². The SMILES string of the molecule is COc1ccc(NC(=O)c2cnc(C(F)(F)F)[nH]2)cc1S(=O)(=O)Nc1ccc(C)cc1. The van der Waals surface area contributed by atoms with E-state index in [0.29, 0.717) is 5.69 Å². The monoisotopic (exact) mass is 454 g/mol. The number of halogens is 3. The number of nitrogens with zero attached hydrogens (tertiary/aromatic N) is 1. The van der Waals surface area contributed by atoms with Gasteiger partial charge < -0.3 is 15.0 Å². The van der Waals surface area contributed by atoms with E-state index in [1.807, 2.05) is 11.9 Å². The number of H-pyrrole nitrogens is 1. The van der Waals surface area contributed by atoms with Gasteiger partial charge in [-0.05, 0) is 37.3 Å². The Balaban J connectivity index is 1.87. The van der Waals surface area contributed by atoms with Crippen LogP contribution in [-0.2, 0) is 16.2 Å². The Morgan fingerprint density at radius 3 is 2.32 bits per heavy atom. The highest BCUT2D eigenvalue weighted by Gasteiger charge is 2.35. The summed E-state index contributed by atoms with van der Waals surface area (Å²) in [6, 6.07) is 10.4. The van der Waals surface area contributed by atoms with Gasteiger partial charge in [-0.25, -0.2) is 13.4 Å². The standard InChI is InChI=1S/C19H17F3N4O4S/c1-11-3-5-12(6-4-11)26-31(28,29)16-9-13(7-8-15(16)30-2)24-17(27)14-10-23-18(25-14)19(20,21)22/h3-10,26H,1-2H3,(H,23,25)(H,24,27). The molecule has 1 heterocycles. The van der Waals surface area contributed by atoms with E-state index in [-0.39, 0.29) is 16.3 Å². The van der Waals surface area contributed by atoms with Crippen molar-refractivity contribution in [3.8, 4) is 5.75 Å². The van der Waals surface area contributed by atoms with Crippen molar-refractivity contribution in [3.05, 3.63) is 65.7 Å². The molecular weight excluding hydrogens is 437 g/mol. The number of carbonyl (C=O) groups excluding carboxylic acids is 1. The summed E-state index contributed by atoms with van der Waals surface area (Å²) >= 11 is 0. The van der Waals surface area contributed by atoms with Crippen LogP contribution >= 0.6 is 0 Å². The number of anilines is 2. The largest absolute Gasteiger partial charge is 0.495 e. The Kier molecular flexibility index (Phi) is 5.93. The summed E-state index contributed by atoms with van der Waals surface area (Å²) in [5.41, 5.74) is 0.848. The second-order valence-corrected chi connectivity index (χ2v) is 8.09. The van der Waals surface area contributed by atoms with Crippen LogP contribution in [0.5, 0.6) is 5.75 Å². The fourth-order valence-electron chi connectivity index (χ4n) is 2.58. The molecular formula is C19H17F3N4O4S. The number of imidazole rings is 1. The Hall–Kier alpha value is -3.54. The number of hydrogen-bond acceptors (Lipinski definition) is 5. The molecule has 1 aromatic heterocycles. The van der Waals surface area contributed by atoms with Gasteiger partial charge in [0.1, 0.15) is 16.3 Å². The summed E-state index contributed by atoms with van der Waals surface area (Å²) < 4.78 is 71.1. The van der Waals surface area contributed by atoms with Crippen LogP contribution in [0.25, 0.3) is 0 Å². The average Bonchev–Trinajstić information content (AvgIpc) is 3.20. The van der Waals surface area contributed by atoms with Crippen molar-refractivity contribution in [1.29, 1.82) is 0 Å². The Bertz CT molecular complexity index is 1210. The van der Waals surface area contributed by atoms with E-state index in [2.05, 4.69) is 15.0 Å². The molecule has 164 valence electrons. The van der Waals surface area contributed by atoms with Gasteiger partial charge in [0, 0.05) is 11.4 Å².